The normalized spacial score (nSPS) is 43.3. The van der Waals surface area contributed by atoms with Gasteiger partial charge in [0, 0.05) is 123 Å². The zero-order valence-corrected chi connectivity index (χ0v) is 35.3. The van der Waals surface area contributed by atoms with Crippen molar-refractivity contribution in [3.8, 4) is 0 Å². The maximum absolute atomic E-state index is 14.3. The topological polar surface area (TPSA) is 155 Å². The Morgan fingerprint density at radius 3 is 2.22 bits per heavy atom. The predicted molar refractivity (Wildman–Crippen MR) is 141 cm³/mol. The van der Waals surface area contributed by atoms with Gasteiger partial charge in [-0.3, -0.25) is 10.1 Å². The number of alkyl carbamates (subject to hydrolysis) is 1. The van der Waals surface area contributed by atoms with Crippen LogP contribution in [0.4, 0.5) is 4.79 Å². The smallest absolute Gasteiger partial charge is 0.407 e. The average Bonchev–Trinajstić information content (AvgIpc) is 2.87. The zero-order chi connectivity index (χ0) is 29.5. The van der Waals surface area contributed by atoms with E-state index >= 15 is 0 Å². The Labute approximate surface area is 315 Å². The molecule has 2 saturated carbocycles. The number of rotatable bonds is 5. The minimum absolute atomic E-state index is 0. The number of amides is 1. The molecule has 0 aromatic carbocycles. The molecule has 4 aliphatic rings. The van der Waals surface area contributed by atoms with Crippen LogP contribution in [0.3, 0.4) is 0 Å². The van der Waals surface area contributed by atoms with Gasteiger partial charge in [-0.05, 0) is 44.1 Å². The summed E-state index contributed by atoms with van der Waals surface area (Å²) in [6, 6.07) is -0.471. The van der Waals surface area contributed by atoms with Crippen molar-refractivity contribution < 1.29 is 133 Å². The summed E-state index contributed by atoms with van der Waals surface area (Å²) < 4.78 is 10.5. The van der Waals surface area contributed by atoms with Crippen LogP contribution in [0.25, 0.3) is 0 Å². The molecule has 1 heterocycles. The van der Waals surface area contributed by atoms with Crippen molar-refractivity contribution in [2.24, 2.45) is 40.4 Å². The number of ether oxygens (including phenoxy) is 2. The van der Waals surface area contributed by atoms with Crippen molar-refractivity contribution in [1.82, 2.24) is 5.32 Å². The van der Waals surface area contributed by atoms with E-state index in [1.165, 1.54) is 7.11 Å². The number of carbonyl (C=O) groups is 2. The Bertz CT molecular complexity index is 1060. The Hall–Kier alpha value is 1.32. The minimum atomic E-state index is -1.52. The molecule has 228 valence electrons. The van der Waals surface area contributed by atoms with Crippen LogP contribution in [-0.2, 0) is 19.2 Å². The first kappa shape index (κ1) is 38.5. The van der Waals surface area contributed by atoms with Crippen LogP contribution >= 0.6 is 0 Å². The van der Waals surface area contributed by atoms with Crippen molar-refractivity contribution >= 4 is 11.9 Å². The molecule has 9 unspecified atom stereocenters. The van der Waals surface area contributed by atoms with Crippen molar-refractivity contribution in [2.45, 2.75) is 104 Å². The van der Waals surface area contributed by atoms with Crippen LogP contribution in [0.15, 0.2) is 11.1 Å². The molecule has 4 rings (SSSR count). The number of nitrogens with one attached hydrogen (secondary N) is 1. The van der Waals surface area contributed by atoms with Crippen LogP contribution in [0.5, 0.6) is 0 Å². The summed E-state index contributed by atoms with van der Waals surface area (Å²) in [6.07, 6.45) is -2.83. The predicted octanol–water partition coefficient (Wildman–Crippen LogP) is 2.69. The first-order valence-corrected chi connectivity index (χ1v) is 14.1. The van der Waals surface area contributed by atoms with E-state index in [9.17, 15) is 30.2 Å². The third-order valence-electron chi connectivity index (χ3n) is 11.8. The first-order chi connectivity index (χ1) is 17.9. The van der Waals surface area contributed by atoms with E-state index in [1.807, 2.05) is 48.5 Å². The number of aliphatic hydroxyl groups excluding tert-OH is 1. The van der Waals surface area contributed by atoms with Gasteiger partial charge in [0.15, 0.2) is 5.78 Å². The van der Waals surface area contributed by atoms with Gasteiger partial charge in [-0.1, -0.05) is 47.1 Å². The van der Waals surface area contributed by atoms with Crippen LogP contribution in [0.2, 0.25) is 0 Å². The van der Waals surface area contributed by atoms with Gasteiger partial charge in [-0.2, -0.15) is 0 Å². The zero-order valence-electron chi connectivity index (χ0n) is 25.8. The molecule has 1 aliphatic heterocycles. The summed E-state index contributed by atoms with van der Waals surface area (Å²) in [5, 5.41) is 49.4. The maximum Gasteiger partial charge on any atom is 0.407 e. The Balaban J connectivity index is 0.00000294. The third-order valence-corrected chi connectivity index (χ3v) is 11.8. The molecule has 41 heavy (non-hydrogen) atoms. The molecule has 2 radical (unpaired) electrons. The summed E-state index contributed by atoms with van der Waals surface area (Å²) in [5.74, 6) is -2.87. The van der Waals surface area contributed by atoms with Crippen LogP contribution in [0, 0.1) is 129 Å². The van der Waals surface area contributed by atoms with Gasteiger partial charge >= 0.3 is 6.09 Å². The molecule has 3 aliphatic carbocycles. The minimum Gasteiger partial charge on any atom is -0.453 e. The fourth-order valence-corrected chi connectivity index (χ4v) is 8.92. The van der Waals surface area contributed by atoms with Crippen molar-refractivity contribution in [3.63, 3.8) is 0 Å². The number of Topliss-reactive ketones (excluding diaryl/α,β-unsaturated/α-hetero) is 1. The molecule has 2 bridgehead atoms. The number of hydrogen-bond donors (Lipinski definition) is 5. The van der Waals surface area contributed by atoms with Crippen LogP contribution < -0.4 is 5.32 Å². The van der Waals surface area contributed by atoms with Crippen molar-refractivity contribution in [1.29, 1.82) is 0 Å². The van der Waals surface area contributed by atoms with Gasteiger partial charge in [0.2, 0.25) is 0 Å². The van der Waals surface area contributed by atoms with Crippen molar-refractivity contribution in [3.05, 3.63) is 11.1 Å². The standard InChI is InChI=1S/C29H47NO9.2Ac/c1-13-10-19-28(34,12-38-19)23-16(4)29(35)11-18(22(39-36)14(2)17(5)30-25(33)37-9)15(3)20(26(29,6)7)21(31)24(32)27(13,23)8;;/h13-14,16-19,21-23,31,34-36H,10-12H2,1-9H3,(H,30,33);;/t13-,14?,16?,17?,18?,19?,21?,22-,23?,27+,28?,29?;;/m0../s1. The fourth-order valence-electron chi connectivity index (χ4n) is 8.92. The van der Waals surface area contributed by atoms with Gasteiger partial charge in [-0.25, -0.2) is 9.68 Å². The summed E-state index contributed by atoms with van der Waals surface area (Å²) >= 11 is 0. The van der Waals surface area contributed by atoms with E-state index in [2.05, 4.69) is 5.32 Å². The van der Waals surface area contributed by atoms with Gasteiger partial charge in [-0.15, -0.1) is 0 Å². The summed E-state index contributed by atoms with van der Waals surface area (Å²) in [6.45, 7) is 14.8. The monoisotopic (exact) mass is 1010 g/mol. The average molecular weight is 1010 g/mol. The molecule has 5 N–H and O–H groups in total. The maximum atomic E-state index is 14.3. The first-order valence-electron chi connectivity index (χ1n) is 14.1. The second-order valence-electron chi connectivity index (χ2n) is 13.6. The summed E-state index contributed by atoms with van der Waals surface area (Å²) in [7, 11) is 1.26. The number of carbonyl (C=O) groups excluding carboxylic acids is 2. The SMILES string of the molecule is COC(=O)NC(C)C(C)[C@H](OO)C1CC2(O)C(C)C3C4(O)COC4C[C@H](C)[C@@]3(C)C(=O)C(O)C(=C1C)C2(C)C.[Ac].[Ac]. The van der Waals surface area contributed by atoms with Gasteiger partial charge < -0.3 is 30.1 Å². The number of fused-ring (bicyclic) bond motifs is 5. The van der Waals surface area contributed by atoms with E-state index < -0.39 is 76.2 Å². The molecule has 10 nitrogen and oxygen atoms in total. The summed E-state index contributed by atoms with van der Waals surface area (Å²) in [5.41, 5.74) is -3.86. The third kappa shape index (κ3) is 5.55. The van der Waals surface area contributed by atoms with E-state index in [0.29, 0.717) is 17.6 Å². The quantitative estimate of drug-likeness (QED) is 0.159. The fraction of sp³-hybridized carbons (Fsp3) is 0.862. The molecule has 1 saturated heterocycles. The molecule has 0 spiro atoms. The second kappa shape index (κ2) is 13.2. The van der Waals surface area contributed by atoms with E-state index in [4.69, 9.17) is 14.4 Å². The van der Waals surface area contributed by atoms with Gasteiger partial charge in [0.1, 0.15) is 17.8 Å². The molecule has 12 heteroatoms. The Morgan fingerprint density at radius 1 is 1.15 bits per heavy atom. The van der Waals surface area contributed by atoms with Gasteiger partial charge in [0.05, 0.1) is 25.4 Å². The number of aliphatic hydroxyl groups is 3. The molecular formula is C29H47Ac2NO9. The Kier molecular flexibility index (Phi) is 12.4. The molecule has 0 aromatic heterocycles. The summed E-state index contributed by atoms with van der Waals surface area (Å²) in [4.78, 5) is 31.3. The van der Waals surface area contributed by atoms with Crippen molar-refractivity contribution in [2.75, 3.05) is 13.7 Å². The van der Waals surface area contributed by atoms with Crippen LogP contribution in [-0.4, -0.2) is 81.7 Å². The second-order valence-corrected chi connectivity index (χ2v) is 13.6. The number of hydrogen-bond acceptors (Lipinski definition) is 9. The number of methoxy groups -OCH3 is 1. The van der Waals surface area contributed by atoms with Crippen LogP contribution in [0.1, 0.15) is 68.2 Å². The number of ketones is 1. The molecule has 1 amide bonds. The molecule has 3 fully saturated rings. The van der Waals surface area contributed by atoms with E-state index in [0.717, 1.165) is 0 Å². The Morgan fingerprint density at radius 2 is 1.73 bits per heavy atom. The van der Waals surface area contributed by atoms with E-state index in [1.54, 1.807) is 6.92 Å². The largest absolute Gasteiger partial charge is 0.453 e. The molecule has 12 atom stereocenters. The van der Waals surface area contributed by atoms with Gasteiger partial charge in [0.25, 0.3) is 0 Å². The van der Waals surface area contributed by atoms with E-state index in [-0.39, 0.29) is 113 Å². The molecular weight excluding hydrogens is 960 g/mol. The molecule has 0 aromatic rings.